The van der Waals surface area contributed by atoms with Gasteiger partial charge in [-0.05, 0) is 26.0 Å². The van der Waals surface area contributed by atoms with Crippen LogP contribution in [-0.2, 0) is 0 Å². The van der Waals surface area contributed by atoms with Gasteiger partial charge in [-0.1, -0.05) is 11.6 Å². The highest BCUT2D eigenvalue weighted by Crippen LogP contribution is 2.13. The van der Waals surface area contributed by atoms with E-state index in [0.717, 1.165) is 0 Å². The fourth-order valence-electron chi connectivity index (χ4n) is 1.52. The van der Waals surface area contributed by atoms with Gasteiger partial charge < -0.3 is 4.57 Å². The molecule has 15 heavy (non-hydrogen) atoms. The van der Waals surface area contributed by atoms with Crippen LogP contribution in [0.25, 0.3) is 11.2 Å². The number of nitrogens with zero attached hydrogens (tertiary/aromatic N) is 3. The van der Waals surface area contributed by atoms with Crippen molar-refractivity contribution in [2.75, 3.05) is 0 Å². The molecule has 2 rings (SSSR count). The van der Waals surface area contributed by atoms with Gasteiger partial charge in [0.1, 0.15) is 0 Å². The lowest BCUT2D eigenvalue weighted by Gasteiger charge is -2.12. The maximum Gasteiger partial charge on any atom is 0.289 e. The topological polar surface area (TPSA) is 47.8 Å². The van der Waals surface area contributed by atoms with Gasteiger partial charge in [0, 0.05) is 12.2 Å². The summed E-state index contributed by atoms with van der Waals surface area (Å²) in [5.74, 6) is 0. The molecule has 0 aliphatic rings. The van der Waals surface area contributed by atoms with Gasteiger partial charge in [0.05, 0.1) is 5.52 Å². The maximum atomic E-state index is 11.8. The van der Waals surface area contributed by atoms with E-state index < -0.39 is 0 Å². The zero-order valence-corrected chi connectivity index (χ0v) is 9.19. The van der Waals surface area contributed by atoms with Crippen molar-refractivity contribution in [3.05, 3.63) is 33.8 Å². The van der Waals surface area contributed by atoms with Crippen molar-refractivity contribution < 1.29 is 0 Å². The van der Waals surface area contributed by atoms with Crippen molar-refractivity contribution in [1.29, 1.82) is 0 Å². The predicted molar refractivity (Wildman–Crippen MR) is 59.2 cm³/mol. The molecule has 4 nitrogen and oxygen atoms in total. The van der Waals surface area contributed by atoms with Crippen LogP contribution in [0.3, 0.4) is 0 Å². The van der Waals surface area contributed by atoms with E-state index in [1.165, 1.54) is 0 Å². The van der Waals surface area contributed by atoms with E-state index in [1.807, 2.05) is 19.9 Å². The fourth-order valence-corrected chi connectivity index (χ4v) is 1.70. The minimum atomic E-state index is -0.271. The summed E-state index contributed by atoms with van der Waals surface area (Å²) in [4.78, 5) is 19.8. The third-order valence-electron chi connectivity index (χ3n) is 2.14. The fraction of sp³-hybridized carbons (Fsp3) is 0.300. The SMILES string of the molecule is CC(C)n1c(=O)c(Cl)nc2ncccc21. The second-order valence-electron chi connectivity index (χ2n) is 3.52. The Labute approximate surface area is 91.5 Å². The Morgan fingerprint density at radius 3 is 2.87 bits per heavy atom. The summed E-state index contributed by atoms with van der Waals surface area (Å²) in [5, 5.41) is -0.0325. The maximum absolute atomic E-state index is 11.8. The van der Waals surface area contributed by atoms with Crippen molar-refractivity contribution in [2.45, 2.75) is 19.9 Å². The smallest absolute Gasteiger partial charge is 0.289 e. The first-order valence-corrected chi connectivity index (χ1v) is 5.02. The van der Waals surface area contributed by atoms with E-state index in [-0.39, 0.29) is 16.8 Å². The summed E-state index contributed by atoms with van der Waals surface area (Å²) in [5.41, 5.74) is 0.935. The van der Waals surface area contributed by atoms with Crippen molar-refractivity contribution in [3.8, 4) is 0 Å². The van der Waals surface area contributed by atoms with E-state index in [0.29, 0.717) is 11.2 Å². The first-order valence-electron chi connectivity index (χ1n) is 4.64. The second kappa shape index (κ2) is 3.62. The summed E-state index contributed by atoms with van der Waals surface area (Å²) in [6.45, 7) is 3.84. The van der Waals surface area contributed by atoms with Crippen LogP contribution in [0.15, 0.2) is 23.1 Å². The summed E-state index contributed by atoms with van der Waals surface area (Å²) in [6, 6.07) is 3.62. The predicted octanol–water partition coefficient (Wildman–Crippen LogP) is 2.03. The van der Waals surface area contributed by atoms with Gasteiger partial charge in [-0.15, -0.1) is 0 Å². The van der Waals surface area contributed by atoms with E-state index >= 15 is 0 Å². The van der Waals surface area contributed by atoms with Crippen molar-refractivity contribution in [3.63, 3.8) is 0 Å². The molecule has 5 heteroatoms. The van der Waals surface area contributed by atoms with Crippen molar-refractivity contribution in [2.24, 2.45) is 0 Å². The third-order valence-corrected chi connectivity index (χ3v) is 2.39. The van der Waals surface area contributed by atoms with E-state index in [9.17, 15) is 4.79 Å². The molecule has 2 aromatic rings. The number of hydrogen-bond acceptors (Lipinski definition) is 3. The lowest BCUT2D eigenvalue weighted by atomic mass is 10.3. The average Bonchev–Trinajstić information content (AvgIpc) is 2.19. The molecule has 0 spiro atoms. The van der Waals surface area contributed by atoms with E-state index in [2.05, 4.69) is 9.97 Å². The number of halogens is 1. The largest absolute Gasteiger partial charge is 0.300 e. The number of hydrogen-bond donors (Lipinski definition) is 0. The zero-order chi connectivity index (χ0) is 11.0. The normalized spacial score (nSPS) is 11.2. The van der Waals surface area contributed by atoms with Gasteiger partial charge in [-0.25, -0.2) is 9.97 Å². The Hall–Kier alpha value is -1.42. The zero-order valence-electron chi connectivity index (χ0n) is 8.44. The molecule has 0 saturated carbocycles. The molecule has 0 aliphatic carbocycles. The molecule has 0 amide bonds. The molecule has 0 N–H and O–H groups in total. The molecule has 0 aromatic carbocycles. The number of rotatable bonds is 1. The second-order valence-corrected chi connectivity index (χ2v) is 3.88. The van der Waals surface area contributed by atoms with Gasteiger partial charge in [0.25, 0.3) is 5.56 Å². The Morgan fingerprint density at radius 2 is 2.20 bits per heavy atom. The van der Waals surface area contributed by atoms with Gasteiger partial charge in [0.15, 0.2) is 10.8 Å². The monoisotopic (exact) mass is 223 g/mol. The molecular formula is C10H10ClN3O. The summed E-state index contributed by atoms with van der Waals surface area (Å²) in [7, 11) is 0. The highest BCUT2D eigenvalue weighted by atomic mass is 35.5. The lowest BCUT2D eigenvalue weighted by Crippen LogP contribution is -2.24. The molecule has 2 aromatic heterocycles. The van der Waals surface area contributed by atoms with Gasteiger partial charge >= 0.3 is 0 Å². The summed E-state index contributed by atoms with van der Waals surface area (Å²) < 4.78 is 1.59. The van der Waals surface area contributed by atoms with Crippen LogP contribution in [0.1, 0.15) is 19.9 Å². The molecule has 2 heterocycles. The number of aromatic nitrogens is 3. The van der Waals surface area contributed by atoms with Crippen LogP contribution >= 0.6 is 11.6 Å². The van der Waals surface area contributed by atoms with E-state index in [1.54, 1.807) is 16.8 Å². The highest BCUT2D eigenvalue weighted by molar-refractivity contribution is 6.29. The standard InChI is InChI=1S/C10H10ClN3O/c1-6(2)14-7-4-3-5-12-9(7)13-8(11)10(14)15/h3-6H,1-2H3. The quantitative estimate of drug-likeness (QED) is 0.743. The van der Waals surface area contributed by atoms with Crippen LogP contribution in [0.4, 0.5) is 0 Å². The van der Waals surface area contributed by atoms with Crippen LogP contribution in [0.2, 0.25) is 5.15 Å². The van der Waals surface area contributed by atoms with E-state index in [4.69, 9.17) is 11.6 Å². The van der Waals surface area contributed by atoms with Crippen LogP contribution < -0.4 is 5.56 Å². The molecule has 0 fully saturated rings. The molecule has 0 radical (unpaired) electrons. The summed E-state index contributed by atoms with van der Waals surface area (Å²) in [6.07, 6.45) is 1.63. The van der Waals surface area contributed by atoms with Gasteiger partial charge in [-0.2, -0.15) is 0 Å². The molecule has 0 bridgehead atoms. The summed E-state index contributed by atoms with van der Waals surface area (Å²) >= 11 is 5.75. The number of pyridine rings is 1. The minimum Gasteiger partial charge on any atom is -0.300 e. The highest BCUT2D eigenvalue weighted by Gasteiger charge is 2.11. The Bertz CT molecular complexity index is 562. The Morgan fingerprint density at radius 1 is 1.47 bits per heavy atom. The molecule has 0 atom stereocenters. The van der Waals surface area contributed by atoms with Gasteiger partial charge in [0.2, 0.25) is 0 Å². The lowest BCUT2D eigenvalue weighted by molar-refractivity contribution is 0.597. The molecule has 0 aliphatic heterocycles. The van der Waals surface area contributed by atoms with Crippen LogP contribution in [0.5, 0.6) is 0 Å². The first kappa shape index (κ1) is 10.1. The Kier molecular flexibility index (Phi) is 2.44. The van der Waals surface area contributed by atoms with Crippen molar-refractivity contribution in [1.82, 2.24) is 14.5 Å². The first-order chi connectivity index (χ1) is 7.11. The third kappa shape index (κ3) is 1.61. The molecule has 0 unspecified atom stereocenters. The van der Waals surface area contributed by atoms with Gasteiger partial charge in [-0.3, -0.25) is 4.79 Å². The Balaban J connectivity index is 2.96. The average molecular weight is 224 g/mol. The molecule has 0 saturated heterocycles. The van der Waals surface area contributed by atoms with Crippen molar-refractivity contribution >= 4 is 22.8 Å². The minimum absolute atomic E-state index is 0.0321. The van der Waals surface area contributed by atoms with Crippen LogP contribution in [-0.4, -0.2) is 14.5 Å². The van der Waals surface area contributed by atoms with Crippen LogP contribution in [0, 0.1) is 0 Å². The molecule has 78 valence electrons. The number of fused-ring (bicyclic) bond motifs is 1. The molecular weight excluding hydrogens is 214 g/mol.